The van der Waals surface area contributed by atoms with E-state index in [0.29, 0.717) is 38.3 Å². The molecule has 0 bridgehead atoms. The van der Waals surface area contributed by atoms with Gasteiger partial charge in [0.05, 0.1) is 0 Å². The Balaban J connectivity index is 1.99. The maximum Gasteiger partial charge on any atom is 0.313 e. The van der Waals surface area contributed by atoms with Crippen LogP contribution in [0.2, 0.25) is 0 Å². The minimum Gasteiger partial charge on any atom is -0.340 e. The van der Waals surface area contributed by atoms with Gasteiger partial charge in [-0.1, -0.05) is 45.9 Å². The number of anilines is 1. The molecule has 0 saturated carbocycles. The second-order valence-corrected chi connectivity index (χ2v) is 7.65. The third kappa shape index (κ3) is 4.84. The van der Waals surface area contributed by atoms with Gasteiger partial charge in [-0.3, -0.25) is 14.4 Å². The number of nitrogens with one attached hydrogen (secondary N) is 1. The number of hydrogen-bond acceptors (Lipinski definition) is 3. The zero-order chi connectivity index (χ0) is 19.3. The second-order valence-electron chi connectivity index (χ2n) is 7.65. The average molecular weight is 359 g/mol. The van der Waals surface area contributed by atoms with E-state index in [9.17, 15) is 14.4 Å². The lowest BCUT2D eigenvalue weighted by Gasteiger charge is -2.28. The molecule has 1 aliphatic heterocycles. The highest BCUT2D eigenvalue weighted by Crippen LogP contribution is 2.19. The third-order valence-electron chi connectivity index (χ3n) is 4.55. The lowest BCUT2D eigenvalue weighted by Crippen LogP contribution is -2.44. The molecule has 0 aromatic heterocycles. The fraction of sp³-hybridized carbons (Fsp3) is 0.550. The van der Waals surface area contributed by atoms with Gasteiger partial charge in [0.2, 0.25) is 5.91 Å². The number of rotatable bonds is 2. The van der Waals surface area contributed by atoms with Crippen LogP contribution < -0.4 is 5.32 Å². The van der Waals surface area contributed by atoms with E-state index >= 15 is 0 Å². The molecule has 6 heteroatoms. The van der Waals surface area contributed by atoms with Crippen molar-refractivity contribution in [3.63, 3.8) is 0 Å². The summed E-state index contributed by atoms with van der Waals surface area (Å²) in [6.07, 6.45) is 1.45. The zero-order valence-corrected chi connectivity index (χ0v) is 16.2. The third-order valence-corrected chi connectivity index (χ3v) is 4.55. The van der Waals surface area contributed by atoms with Crippen LogP contribution in [-0.4, -0.2) is 53.7 Å². The minimum absolute atomic E-state index is 0.0770. The summed E-state index contributed by atoms with van der Waals surface area (Å²) >= 11 is 0. The highest BCUT2D eigenvalue weighted by molar-refractivity contribution is 6.39. The molecule has 1 N–H and O–H groups in total. The zero-order valence-electron chi connectivity index (χ0n) is 16.2. The number of carbonyl (C=O) groups excluding carboxylic acids is 3. The van der Waals surface area contributed by atoms with Gasteiger partial charge in [-0.15, -0.1) is 0 Å². The first-order valence-electron chi connectivity index (χ1n) is 9.21. The summed E-state index contributed by atoms with van der Waals surface area (Å²) in [5, 5.41) is 2.73. The largest absolute Gasteiger partial charge is 0.340 e. The van der Waals surface area contributed by atoms with Crippen LogP contribution >= 0.6 is 0 Å². The Kier molecular flexibility index (Phi) is 6.40. The highest BCUT2D eigenvalue weighted by atomic mass is 16.2. The first-order chi connectivity index (χ1) is 12.2. The van der Waals surface area contributed by atoms with Crippen molar-refractivity contribution >= 4 is 23.4 Å². The Morgan fingerprint density at radius 3 is 2.27 bits per heavy atom. The Labute approximate surface area is 155 Å². The number of carbonyl (C=O) groups is 3. The maximum atomic E-state index is 12.5. The SMILES string of the molecule is CCc1ccccc1NC(=O)C(=O)N1CCCN(C(=O)C(C)(C)C)CC1. The molecule has 6 nitrogen and oxygen atoms in total. The van der Waals surface area contributed by atoms with Gasteiger partial charge in [-0.05, 0) is 24.5 Å². The van der Waals surface area contributed by atoms with Gasteiger partial charge >= 0.3 is 11.8 Å². The smallest absolute Gasteiger partial charge is 0.313 e. The number of aryl methyl sites for hydroxylation is 1. The maximum absolute atomic E-state index is 12.5. The number of para-hydroxylation sites is 1. The lowest BCUT2D eigenvalue weighted by atomic mass is 9.94. The highest BCUT2D eigenvalue weighted by Gasteiger charge is 2.30. The van der Waals surface area contributed by atoms with Gasteiger partial charge in [-0.2, -0.15) is 0 Å². The van der Waals surface area contributed by atoms with Crippen LogP contribution in [0.4, 0.5) is 5.69 Å². The first-order valence-corrected chi connectivity index (χ1v) is 9.21. The Morgan fingerprint density at radius 1 is 1.00 bits per heavy atom. The van der Waals surface area contributed by atoms with Gasteiger partial charge in [0.25, 0.3) is 0 Å². The fourth-order valence-corrected chi connectivity index (χ4v) is 3.07. The van der Waals surface area contributed by atoms with Crippen LogP contribution in [0.5, 0.6) is 0 Å². The summed E-state index contributed by atoms with van der Waals surface area (Å²) in [6.45, 7) is 9.60. The predicted octanol–water partition coefficient (Wildman–Crippen LogP) is 2.29. The molecule has 1 heterocycles. The monoisotopic (exact) mass is 359 g/mol. The van der Waals surface area contributed by atoms with E-state index in [4.69, 9.17) is 0 Å². The summed E-state index contributed by atoms with van der Waals surface area (Å²) in [7, 11) is 0. The molecule has 0 unspecified atom stereocenters. The van der Waals surface area contributed by atoms with E-state index in [1.54, 1.807) is 15.9 Å². The first kappa shape index (κ1) is 19.9. The molecule has 1 saturated heterocycles. The average Bonchev–Trinajstić information content (AvgIpc) is 2.86. The van der Waals surface area contributed by atoms with Crippen LogP contribution in [0.15, 0.2) is 24.3 Å². The Hall–Kier alpha value is -2.37. The van der Waals surface area contributed by atoms with E-state index in [1.807, 2.05) is 45.9 Å². The van der Waals surface area contributed by atoms with E-state index in [0.717, 1.165) is 12.0 Å². The van der Waals surface area contributed by atoms with Crippen molar-refractivity contribution in [1.29, 1.82) is 0 Å². The molecule has 1 aliphatic rings. The molecule has 142 valence electrons. The van der Waals surface area contributed by atoms with Gasteiger partial charge in [0, 0.05) is 37.3 Å². The summed E-state index contributed by atoms with van der Waals surface area (Å²) < 4.78 is 0. The lowest BCUT2D eigenvalue weighted by molar-refractivity contribution is -0.143. The number of hydrogen-bond donors (Lipinski definition) is 1. The minimum atomic E-state index is -0.624. The molecular weight excluding hydrogens is 330 g/mol. The van der Waals surface area contributed by atoms with Gasteiger partial charge in [0.15, 0.2) is 0 Å². The molecule has 1 aromatic carbocycles. The van der Waals surface area contributed by atoms with Gasteiger partial charge < -0.3 is 15.1 Å². The molecule has 0 spiro atoms. The van der Waals surface area contributed by atoms with E-state index < -0.39 is 17.2 Å². The van der Waals surface area contributed by atoms with E-state index in [1.165, 1.54) is 0 Å². The molecule has 1 aromatic rings. The number of benzene rings is 1. The Bertz CT molecular complexity index is 679. The van der Waals surface area contributed by atoms with E-state index in [-0.39, 0.29) is 5.91 Å². The molecule has 0 aliphatic carbocycles. The van der Waals surface area contributed by atoms with Crippen LogP contribution in [0.3, 0.4) is 0 Å². The number of amides is 3. The molecular formula is C20H29N3O3. The van der Waals surface area contributed by atoms with Crippen LogP contribution in [-0.2, 0) is 20.8 Å². The standard InChI is InChI=1S/C20H29N3O3/c1-5-15-9-6-7-10-16(15)21-17(24)18(25)22-11-8-12-23(14-13-22)19(26)20(2,3)4/h6-7,9-10H,5,8,11-14H2,1-4H3,(H,21,24). The normalized spacial score (nSPS) is 15.4. The summed E-state index contributed by atoms with van der Waals surface area (Å²) in [6, 6.07) is 7.48. The van der Waals surface area contributed by atoms with E-state index in [2.05, 4.69) is 5.32 Å². The number of nitrogens with zero attached hydrogens (tertiary/aromatic N) is 2. The predicted molar refractivity (Wildman–Crippen MR) is 102 cm³/mol. The second kappa shape index (κ2) is 8.34. The van der Waals surface area contributed by atoms with Crippen LogP contribution in [0.25, 0.3) is 0 Å². The quantitative estimate of drug-likeness (QED) is 0.824. The summed E-state index contributed by atoms with van der Waals surface area (Å²) in [4.78, 5) is 40.7. The van der Waals surface area contributed by atoms with Crippen LogP contribution in [0.1, 0.15) is 39.7 Å². The van der Waals surface area contributed by atoms with Crippen molar-refractivity contribution in [1.82, 2.24) is 9.80 Å². The Morgan fingerprint density at radius 2 is 1.62 bits per heavy atom. The molecule has 26 heavy (non-hydrogen) atoms. The molecule has 1 fully saturated rings. The van der Waals surface area contributed by atoms with Crippen LogP contribution in [0, 0.1) is 5.41 Å². The van der Waals surface area contributed by atoms with Crippen molar-refractivity contribution in [3.05, 3.63) is 29.8 Å². The fourth-order valence-electron chi connectivity index (χ4n) is 3.07. The van der Waals surface area contributed by atoms with Gasteiger partial charge in [0.1, 0.15) is 0 Å². The summed E-state index contributed by atoms with van der Waals surface area (Å²) in [5.41, 5.74) is 1.22. The molecule has 3 amide bonds. The van der Waals surface area contributed by atoms with Crippen molar-refractivity contribution < 1.29 is 14.4 Å². The van der Waals surface area contributed by atoms with Crippen molar-refractivity contribution in [2.75, 3.05) is 31.5 Å². The topological polar surface area (TPSA) is 69.7 Å². The molecule has 0 radical (unpaired) electrons. The van der Waals surface area contributed by atoms with Crippen molar-refractivity contribution in [3.8, 4) is 0 Å². The van der Waals surface area contributed by atoms with Crippen molar-refractivity contribution in [2.45, 2.75) is 40.5 Å². The summed E-state index contributed by atoms with van der Waals surface area (Å²) in [5.74, 6) is -1.09. The molecule has 0 atom stereocenters. The van der Waals surface area contributed by atoms with Crippen molar-refractivity contribution in [2.24, 2.45) is 5.41 Å². The molecule has 2 rings (SSSR count). The van der Waals surface area contributed by atoms with Gasteiger partial charge in [-0.25, -0.2) is 0 Å².